The van der Waals surface area contributed by atoms with E-state index < -0.39 is 0 Å². The van der Waals surface area contributed by atoms with E-state index in [0.717, 1.165) is 57.5 Å². The SMILES string of the molecule is C/C(C#N)=C1/c2ccc(Cn3c(C4(C)CC4)nc4ccccc43)cc2COc2cc(F)ccc21. The van der Waals surface area contributed by atoms with Crippen LogP contribution in [0.25, 0.3) is 16.6 Å². The molecule has 1 saturated carbocycles. The van der Waals surface area contributed by atoms with Gasteiger partial charge in [-0.1, -0.05) is 31.2 Å². The minimum atomic E-state index is -0.354. The third-order valence-corrected chi connectivity index (χ3v) is 7.11. The Morgan fingerprint density at radius 3 is 2.71 bits per heavy atom. The second-order valence-corrected chi connectivity index (χ2v) is 9.60. The van der Waals surface area contributed by atoms with Gasteiger partial charge in [0.25, 0.3) is 0 Å². The Morgan fingerprint density at radius 1 is 1.12 bits per heavy atom. The number of ether oxygens (including phenoxy) is 1. The summed E-state index contributed by atoms with van der Waals surface area (Å²) in [7, 11) is 0. The summed E-state index contributed by atoms with van der Waals surface area (Å²) < 4.78 is 22.3. The highest BCUT2D eigenvalue weighted by molar-refractivity contribution is 5.88. The van der Waals surface area contributed by atoms with Crippen molar-refractivity contribution in [3.05, 3.63) is 100 Å². The molecule has 0 amide bonds. The molecule has 34 heavy (non-hydrogen) atoms. The first kappa shape index (κ1) is 20.7. The lowest BCUT2D eigenvalue weighted by atomic mass is 9.90. The Kier molecular flexibility index (Phi) is 4.60. The number of aromatic nitrogens is 2. The van der Waals surface area contributed by atoms with Crippen molar-refractivity contribution in [1.82, 2.24) is 9.55 Å². The monoisotopic (exact) mass is 449 g/mol. The first-order chi connectivity index (χ1) is 16.5. The van der Waals surface area contributed by atoms with Gasteiger partial charge in [0, 0.05) is 34.7 Å². The van der Waals surface area contributed by atoms with Gasteiger partial charge in [-0.15, -0.1) is 0 Å². The summed E-state index contributed by atoms with van der Waals surface area (Å²) in [5, 5.41) is 9.69. The fraction of sp³-hybridized carbons (Fsp3) is 0.241. The van der Waals surface area contributed by atoms with Gasteiger partial charge >= 0.3 is 0 Å². The number of benzene rings is 3. The molecule has 0 bridgehead atoms. The van der Waals surface area contributed by atoms with Crippen molar-refractivity contribution in [3.8, 4) is 11.8 Å². The first-order valence-corrected chi connectivity index (χ1v) is 11.6. The maximum atomic E-state index is 13.9. The Bertz CT molecular complexity index is 1540. The number of nitrogens with zero attached hydrogens (tertiary/aromatic N) is 3. The summed E-state index contributed by atoms with van der Waals surface area (Å²) in [6, 6.07) is 21.4. The van der Waals surface area contributed by atoms with E-state index in [4.69, 9.17) is 9.72 Å². The van der Waals surface area contributed by atoms with Gasteiger partial charge in [-0.05, 0) is 66.8 Å². The lowest BCUT2D eigenvalue weighted by molar-refractivity contribution is 0.305. The largest absolute Gasteiger partial charge is 0.488 e. The van der Waals surface area contributed by atoms with Crippen LogP contribution in [-0.2, 0) is 18.6 Å². The number of nitriles is 1. The van der Waals surface area contributed by atoms with Crippen LogP contribution < -0.4 is 4.74 Å². The third kappa shape index (κ3) is 3.30. The molecule has 1 fully saturated rings. The molecule has 0 N–H and O–H groups in total. The molecule has 3 aromatic carbocycles. The molecule has 4 aromatic rings. The zero-order valence-corrected chi connectivity index (χ0v) is 19.2. The Balaban J connectivity index is 1.46. The average Bonchev–Trinajstić information content (AvgIpc) is 3.52. The third-order valence-electron chi connectivity index (χ3n) is 7.11. The van der Waals surface area contributed by atoms with Crippen LogP contribution in [0.4, 0.5) is 4.39 Å². The van der Waals surface area contributed by atoms with E-state index in [1.807, 2.05) is 6.07 Å². The van der Waals surface area contributed by atoms with Crippen LogP contribution >= 0.6 is 0 Å². The molecule has 0 saturated heterocycles. The summed E-state index contributed by atoms with van der Waals surface area (Å²) >= 11 is 0. The predicted octanol–water partition coefficient (Wildman–Crippen LogP) is 6.51. The molecular formula is C29H24FN3O. The highest BCUT2D eigenvalue weighted by Gasteiger charge is 2.43. The second-order valence-electron chi connectivity index (χ2n) is 9.60. The van der Waals surface area contributed by atoms with Crippen LogP contribution in [0, 0.1) is 17.1 Å². The van der Waals surface area contributed by atoms with Crippen molar-refractivity contribution in [2.45, 2.75) is 45.3 Å². The van der Waals surface area contributed by atoms with Crippen molar-refractivity contribution in [1.29, 1.82) is 5.26 Å². The van der Waals surface area contributed by atoms with Crippen LogP contribution in [0.2, 0.25) is 0 Å². The Labute approximate surface area is 197 Å². The van der Waals surface area contributed by atoms with Crippen LogP contribution in [0.1, 0.15) is 54.8 Å². The Morgan fingerprint density at radius 2 is 1.91 bits per heavy atom. The number of para-hydroxylation sites is 2. The molecule has 0 atom stereocenters. The van der Waals surface area contributed by atoms with E-state index in [9.17, 15) is 9.65 Å². The molecule has 6 rings (SSSR count). The standard InChI is InChI=1S/C29H24FN3O/c1-18(15-31)27-22-9-7-19(13-20(22)17-34-26-14-21(30)8-10-23(26)27)16-33-25-6-4-3-5-24(25)32-28(33)29(2)11-12-29/h3-10,13-14H,11-12,16-17H2,1-2H3/b27-18+. The maximum Gasteiger partial charge on any atom is 0.130 e. The van der Waals surface area contributed by atoms with Crippen molar-refractivity contribution in [3.63, 3.8) is 0 Å². The van der Waals surface area contributed by atoms with Crippen molar-refractivity contribution >= 4 is 16.6 Å². The van der Waals surface area contributed by atoms with Gasteiger partial charge in [0.1, 0.15) is 24.0 Å². The molecule has 1 aliphatic heterocycles. The van der Waals surface area contributed by atoms with Gasteiger partial charge in [-0.25, -0.2) is 9.37 Å². The number of hydrogen-bond donors (Lipinski definition) is 0. The fourth-order valence-corrected chi connectivity index (χ4v) is 4.98. The molecule has 168 valence electrons. The molecule has 1 aliphatic carbocycles. The van der Waals surface area contributed by atoms with Crippen LogP contribution in [0.15, 0.2) is 66.2 Å². The van der Waals surface area contributed by atoms with Gasteiger partial charge in [-0.3, -0.25) is 0 Å². The summed E-state index contributed by atoms with van der Waals surface area (Å²) in [6.07, 6.45) is 2.31. The quantitative estimate of drug-likeness (QED) is 0.335. The minimum absolute atomic E-state index is 0.138. The number of fused-ring (bicyclic) bond motifs is 3. The van der Waals surface area contributed by atoms with Gasteiger partial charge in [0.15, 0.2) is 0 Å². The highest BCUT2D eigenvalue weighted by Crippen LogP contribution is 2.48. The fourth-order valence-electron chi connectivity index (χ4n) is 4.98. The average molecular weight is 450 g/mol. The molecule has 0 unspecified atom stereocenters. The van der Waals surface area contributed by atoms with Gasteiger partial charge in [-0.2, -0.15) is 5.26 Å². The lowest BCUT2D eigenvalue weighted by Gasteiger charge is -2.16. The van der Waals surface area contributed by atoms with Crippen LogP contribution in [-0.4, -0.2) is 9.55 Å². The summed E-state index contributed by atoms with van der Waals surface area (Å²) in [6.45, 7) is 5.10. The number of hydrogen-bond acceptors (Lipinski definition) is 3. The molecular weight excluding hydrogens is 425 g/mol. The zero-order chi connectivity index (χ0) is 23.4. The number of halogens is 1. The number of imidazole rings is 1. The van der Waals surface area contributed by atoms with Gasteiger partial charge in [0.05, 0.1) is 17.1 Å². The molecule has 2 aliphatic rings. The Hall–Kier alpha value is -3.91. The van der Waals surface area contributed by atoms with Crippen molar-refractivity contribution in [2.75, 3.05) is 0 Å². The van der Waals surface area contributed by atoms with Crippen LogP contribution in [0.3, 0.4) is 0 Å². The number of allylic oxidation sites excluding steroid dienone is 1. The molecule has 2 heterocycles. The summed E-state index contributed by atoms with van der Waals surface area (Å²) in [5.41, 5.74) is 7.52. The van der Waals surface area contributed by atoms with E-state index in [-0.39, 0.29) is 11.2 Å². The lowest BCUT2D eigenvalue weighted by Crippen LogP contribution is -2.13. The minimum Gasteiger partial charge on any atom is -0.488 e. The molecule has 5 heteroatoms. The highest BCUT2D eigenvalue weighted by atomic mass is 19.1. The smallest absolute Gasteiger partial charge is 0.130 e. The van der Waals surface area contributed by atoms with Crippen LogP contribution in [0.5, 0.6) is 5.75 Å². The number of rotatable bonds is 3. The topological polar surface area (TPSA) is 50.8 Å². The molecule has 0 spiro atoms. The van der Waals surface area contributed by atoms with E-state index in [1.54, 1.807) is 13.0 Å². The predicted molar refractivity (Wildman–Crippen MR) is 130 cm³/mol. The zero-order valence-electron chi connectivity index (χ0n) is 19.2. The van der Waals surface area contributed by atoms with E-state index in [0.29, 0.717) is 24.5 Å². The van der Waals surface area contributed by atoms with E-state index in [2.05, 4.69) is 54.0 Å². The molecule has 4 nitrogen and oxygen atoms in total. The molecule has 0 radical (unpaired) electrons. The second kappa shape index (κ2) is 7.56. The summed E-state index contributed by atoms with van der Waals surface area (Å²) in [4.78, 5) is 4.99. The normalized spacial score (nSPS) is 17.2. The first-order valence-electron chi connectivity index (χ1n) is 11.6. The van der Waals surface area contributed by atoms with Gasteiger partial charge in [0.2, 0.25) is 0 Å². The molecule has 1 aromatic heterocycles. The van der Waals surface area contributed by atoms with E-state index in [1.165, 1.54) is 12.1 Å². The van der Waals surface area contributed by atoms with Gasteiger partial charge < -0.3 is 9.30 Å². The van der Waals surface area contributed by atoms with Crippen molar-refractivity contribution in [2.24, 2.45) is 0 Å². The van der Waals surface area contributed by atoms with E-state index >= 15 is 0 Å². The maximum absolute atomic E-state index is 13.9. The summed E-state index contributed by atoms with van der Waals surface area (Å²) in [5.74, 6) is 1.25. The van der Waals surface area contributed by atoms with Crippen molar-refractivity contribution < 1.29 is 9.13 Å².